The Hall–Kier alpha value is -1.56. The average Bonchev–Trinajstić information content (AvgIpc) is 3.34. The number of piperidine rings is 1. The van der Waals surface area contributed by atoms with Gasteiger partial charge in [-0.15, -0.1) is 0 Å². The first-order chi connectivity index (χ1) is 12.3. The van der Waals surface area contributed by atoms with Crippen molar-refractivity contribution in [3.63, 3.8) is 0 Å². The molecule has 0 saturated carbocycles. The fourth-order valence-electron chi connectivity index (χ4n) is 4.66. The molecule has 2 aliphatic heterocycles. The van der Waals surface area contributed by atoms with E-state index in [-0.39, 0.29) is 0 Å². The Labute approximate surface area is 149 Å². The van der Waals surface area contributed by atoms with Gasteiger partial charge in [0.15, 0.2) is 0 Å². The van der Waals surface area contributed by atoms with E-state index in [9.17, 15) is 0 Å². The molecule has 1 atom stereocenters. The van der Waals surface area contributed by atoms with Crippen LogP contribution in [0.4, 0.5) is 0 Å². The van der Waals surface area contributed by atoms with Crippen LogP contribution in [0.15, 0.2) is 45.6 Å². The minimum Gasteiger partial charge on any atom is -0.468 e. The molecule has 0 bridgehead atoms. The summed E-state index contributed by atoms with van der Waals surface area (Å²) >= 11 is 0. The van der Waals surface area contributed by atoms with Crippen molar-refractivity contribution in [2.45, 2.75) is 25.9 Å². The van der Waals surface area contributed by atoms with Crippen LogP contribution in [0.5, 0.6) is 0 Å². The summed E-state index contributed by atoms with van der Waals surface area (Å²) in [4.78, 5) is 5.06. The molecule has 0 aliphatic carbocycles. The van der Waals surface area contributed by atoms with Gasteiger partial charge in [-0.2, -0.15) is 0 Å². The van der Waals surface area contributed by atoms with Crippen molar-refractivity contribution in [3.8, 4) is 0 Å². The number of hydrogen-bond donors (Lipinski definition) is 0. The summed E-state index contributed by atoms with van der Waals surface area (Å²) in [5, 5.41) is 0. The van der Waals surface area contributed by atoms with Crippen LogP contribution in [0.3, 0.4) is 0 Å². The lowest BCUT2D eigenvalue weighted by Crippen LogP contribution is -2.44. The number of hydrogen-bond acceptors (Lipinski definition) is 5. The number of likely N-dealkylation sites (tertiary alicyclic amines) is 2. The lowest BCUT2D eigenvalue weighted by Gasteiger charge is -2.42. The van der Waals surface area contributed by atoms with E-state index in [0.717, 1.165) is 57.4 Å². The Morgan fingerprint density at radius 1 is 1.04 bits per heavy atom. The SMILES string of the molecule is COC[C@@H]1CN(Cc2ccco2)CC12CCN(Cc1ccco1)CC2. The maximum Gasteiger partial charge on any atom is 0.117 e. The van der Waals surface area contributed by atoms with Gasteiger partial charge in [-0.3, -0.25) is 9.80 Å². The van der Waals surface area contributed by atoms with Crippen LogP contribution in [0.1, 0.15) is 24.4 Å². The molecular formula is C20H28N2O3. The van der Waals surface area contributed by atoms with Crippen molar-refractivity contribution in [3.05, 3.63) is 48.3 Å². The molecule has 1 spiro atoms. The molecule has 0 amide bonds. The second-order valence-electron chi connectivity index (χ2n) is 7.62. The highest BCUT2D eigenvalue weighted by Gasteiger charge is 2.47. The van der Waals surface area contributed by atoms with E-state index >= 15 is 0 Å². The Morgan fingerprint density at radius 2 is 1.68 bits per heavy atom. The lowest BCUT2D eigenvalue weighted by atomic mass is 9.71. The number of methoxy groups -OCH3 is 1. The van der Waals surface area contributed by atoms with Gasteiger partial charge in [0.2, 0.25) is 0 Å². The second-order valence-corrected chi connectivity index (χ2v) is 7.62. The molecule has 2 aliphatic rings. The minimum atomic E-state index is 0.377. The predicted molar refractivity (Wildman–Crippen MR) is 95.0 cm³/mol. The maximum atomic E-state index is 5.57. The van der Waals surface area contributed by atoms with Crippen molar-refractivity contribution in [2.75, 3.05) is 39.9 Å². The largest absolute Gasteiger partial charge is 0.468 e. The summed E-state index contributed by atoms with van der Waals surface area (Å²) in [6, 6.07) is 8.08. The third-order valence-corrected chi connectivity index (χ3v) is 6.02. The van der Waals surface area contributed by atoms with E-state index in [2.05, 4.69) is 21.9 Å². The Kier molecular flexibility index (Phi) is 4.97. The zero-order valence-electron chi connectivity index (χ0n) is 15.0. The Morgan fingerprint density at radius 3 is 2.24 bits per heavy atom. The summed E-state index contributed by atoms with van der Waals surface area (Å²) in [6.07, 6.45) is 5.99. The number of nitrogens with zero attached hydrogens (tertiary/aromatic N) is 2. The summed E-state index contributed by atoms with van der Waals surface area (Å²) in [5.74, 6) is 2.73. The number of ether oxygens (including phenoxy) is 1. The zero-order chi connectivity index (χ0) is 17.1. The molecule has 5 heteroatoms. The van der Waals surface area contributed by atoms with Gasteiger partial charge in [-0.25, -0.2) is 0 Å². The van der Waals surface area contributed by atoms with Gasteiger partial charge < -0.3 is 13.6 Å². The number of furan rings is 2. The molecule has 25 heavy (non-hydrogen) atoms. The highest BCUT2D eigenvalue weighted by molar-refractivity contribution is 5.04. The fourth-order valence-corrected chi connectivity index (χ4v) is 4.66. The first kappa shape index (κ1) is 16.9. The van der Waals surface area contributed by atoms with Crippen LogP contribution in [0.25, 0.3) is 0 Å². The molecule has 2 aromatic heterocycles. The molecular weight excluding hydrogens is 316 g/mol. The second kappa shape index (κ2) is 7.36. The van der Waals surface area contributed by atoms with Crippen molar-refractivity contribution in [2.24, 2.45) is 11.3 Å². The van der Waals surface area contributed by atoms with E-state index in [1.165, 1.54) is 12.8 Å². The van der Waals surface area contributed by atoms with Gasteiger partial charge in [0.05, 0.1) is 32.2 Å². The summed E-state index contributed by atoms with van der Waals surface area (Å²) in [6.45, 7) is 7.21. The van der Waals surface area contributed by atoms with Gasteiger partial charge in [0.25, 0.3) is 0 Å². The topological polar surface area (TPSA) is 42.0 Å². The normalized spacial score (nSPS) is 24.3. The van der Waals surface area contributed by atoms with E-state index in [0.29, 0.717) is 11.3 Å². The third kappa shape index (κ3) is 3.68. The Bertz CT molecular complexity index is 630. The van der Waals surface area contributed by atoms with Crippen molar-refractivity contribution >= 4 is 0 Å². The van der Waals surface area contributed by atoms with Gasteiger partial charge in [-0.1, -0.05) is 0 Å². The molecule has 2 aromatic rings. The van der Waals surface area contributed by atoms with Crippen LogP contribution in [-0.2, 0) is 17.8 Å². The van der Waals surface area contributed by atoms with E-state index in [1.54, 1.807) is 12.5 Å². The zero-order valence-corrected chi connectivity index (χ0v) is 15.0. The molecule has 5 nitrogen and oxygen atoms in total. The fraction of sp³-hybridized carbons (Fsp3) is 0.600. The van der Waals surface area contributed by atoms with Crippen molar-refractivity contribution in [1.82, 2.24) is 9.80 Å². The van der Waals surface area contributed by atoms with Crippen LogP contribution < -0.4 is 0 Å². The van der Waals surface area contributed by atoms with Crippen LogP contribution in [0.2, 0.25) is 0 Å². The highest BCUT2D eigenvalue weighted by Crippen LogP contribution is 2.45. The summed E-state index contributed by atoms with van der Waals surface area (Å²) < 4.78 is 16.6. The maximum absolute atomic E-state index is 5.57. The van der Waals surface area contributed by atoms with E-state index in [4.69, 9.17) is 13.6 Å². The van der Waals surface area contributed by atoms with Crippen LogP contribution in [-0.4, -0.2) is 49.7 Å². The first-order valence-corrected chi connectivity index (χ1v) is 9.26. The minimum absolute atomic E-state index is 0.377. The predicted octanol–water partition coefficient (Wildman–Crippen LogP) is 3.23. The average molecular weight is 344 g/mol. The molecule has 0 N–H and O–H groups in total. The molecule has 2 fully saturated rings. The standard InChI is InChI=1S/C20H28N2O3/c1-23-15-17-12-22(14-19-5-3-11-25-19)16-20(17)6-8-21(9-7-20)13-18-4-2-10-24-18/h2-5,10-11,17H,6-9,12-16H2,1H3/t17-/m0/s1. The van der Waals surface area contributed by atoms with Crippen LogP contribution in [0, 0.1) is 11.3 Å². The molecule has 0 unspecified atom stereocenters. The van der Waals surface area contributed by atoms with Crippen molar-refractivity contribution in [1.29, 1.82) is 0 Å². The van der Waals surface area contributed by atoms with E-state index < -0.39 is 0 Å². The summed E-state index contributed by atoms with van der Waals surface area (Å²) in [7, 11) is 1.83. The third-order valence-electron chi connectivity index (χ3n) is 6.02. The molecule has 4 heterocycles. The quantitative estimate of drug-likeness (QED) is 0.805. The van der Waals surface area contributed by atoms with Gasteiger partial charge in [0, 0.05) is 26.1 Å². The smallest absolute Gasteiger partial charge is 0.117 e. The highest BCUT2D eigenvalue weighted by atomic mass is 16.5. The molecule has 2 saturated heterocycles. The van der Waals surface area contributed by atoms with Crippen LogP contribution >= 0.6 is 0 Å². The number of rotatable bonds is 6. The first-order valence-electron chi connectivity index (χ1n) is 9.26. The summed E-state index contributed by atoms with van der Waals surface area (Å²) in [5.41, 5.74) is 0.377. The van der Waals surface area contributed by atoms with Gasteiger partial charge >= 0.3 is 0 Å². The van der Waals surface area contributed by atoms with Gasteiger partial charge in [-0.05, 0) is 55.6 Å². The molecule has 0 radical (unpaired) electrons. The molecule has 4 rings (SSSR count). The van der Waals surface area contributed by atoms with Gasteiger partial charge in [0.1, 0.15) is 11.5 Å². The molecule has 0 aromatic carbocycles. The van der Waals surface area contributed by atoms with Crippen molar-refractivity contribution < 1.29 is 13.6 Å². The lowest BCUT2D eigenvalue weighted by molar-refractivity contribution is 0.0331. The Balaban J connectivity index is 1.38. The molecule has 136 valence electrons. The monoisotopic (exact) mass is 344 g/mol. The van der Waals surface area contributed by atoms with E-state index in [1.807, 2.05) is 19.2 Å².